The maximum absolute atomic E-state index is 9.32. The van der Waals surface area contributed by atoms with Gasteiger partial charge in [0.25, 0.3) is 0 Å². The van der Waals surface area contributed by atoms with E-state index in [4.69, 9.17) is 0 Å². The van der Waals surface area contributed by atoms with Crippen molar-refractivity contribution in [3.05, 3.63) is 59.7 Å². The van der Waals surface area contributed by atoms with Crippen LogP contribution < -0.4 is 21.6 Å². The van der Waals surface area contributed by atoms with Crippen LogP contribution in [0.15, 0.2) is 48.5 Å². The smallest absolute Gasteiger partial charge is 0.423 e. The van der Waals surface area contributed by atoms with Crippen LogP contribution in [0, 0.1) is 0 Å². The highest BCUT2D eigenvalue weighted by atomic mass is 16.4. The summed E-state index contributed by atoms with van der Waals surface area (Å²) in [5, 5.41) is 43.7. The van der Waals surface area contributed by atoms with Gasteiger partial charge in [0.2, 0.25) is 0 Å². The van der Waals surface area contributed by atoms with Crippen molar-refractivity contribution in [2.45, 2.75) is 13.1 Å². The van der Waals surface area contributed by atoms with Gasteiger partial charge in [-0.15, -0.1) is 0 Å². The second kappa shape index (κ2) is 9.58. The number of rotatable bonds is 9. The molecule has 0 bridgehead atoms. The summed E-state index contributed by atoms with van der Waals surface area (Å²) in [7, 11) is -2.94. The predicted molar refractivity (Wildman–Crippen MR) is 95.9 cm³/mol. The van der Waals surface area contributed by atoms with Gasteiger partial charge in [-0.1, -0.05) is 48.5 Å². The fraction of sp³-hybridized carbons (Fsp3) is 0.250. The third-order valence-electron chi connectivity index (χ3n) is 3.78. The summed E-state index contributed by atoms with van der Waals surface area (Å²) in [6, 6.07) is 14.4. The molecule has 0 spiro atoms. The maximum Gasteiger partial charge on any atom is 0.488 e. The second-order valence-corrected chi connectivity index (χ2v) is 5.50. The average molecular weight is 328 g/mol. The minimum Gasteiger partial charge on any atom is -0.423 e. The Morgan fingerprint density at radius 3 is 1.38 bits per heavy atom. The van der Waals surface area contributed by atoms with Crippen LogP contribution >= 0.6 is 0 Å². The molecule has 0 saturated carbocycles. The molecule has 0 radical (unpaired) electrons. The van der Waals surface area contributed by atoms with Gasteiger partial charge in [-0.2, -0.15) is 0 Å². The van der Waals surface area contributed by atoms with Gasteiger partial charge in [0, 0.05) is 26.2 Å². The molecule has 0 amide bonds. The van der Waals surface area contributed by atoms with Crippen molar-refractivity contribution in [1.29, 1.82) is 0 Å². The van der Waals surface area contributed by atoms with Crippen LogP contribution in [0.3, 0.4) is 0 Å². The highest BCUT2D eigenvalue weighted by Crippen LogP contribution is 1.97. The molecule has 2 aromatic carbocycles. The standard InChI is InChI=1S/C16H22B2N2O4/c21-17(22)15-7-3-1-5-13(15)11-19-9-10-20-12-14-6-2-4-8-16(14)18(23)24/h1-8,19-24H,9-12H2. The normalized spacial score (nSPS) is 10.7. The van der Waals surface area contributed by atoms with Crippen LogP contribution in [-0.2, 0) is 13.1 Å². The first-order valence-electron chi connectivity index (χ1n) is 7.89. The van der Waals surface area contributed by atoms with Crippen molar-refractivity contribution in [3.8, 4) is 0 Å². The van der Waals surface area contributed by atoms with E-state index in [0.717, 1.165) is 11.1 Å². The third-order valence-corrected chi connectivity index (χ3v) is 3.78. The molecule has 0 aliphatic rings. The SMILES string of the molecule is OB(O)c1ccccc1CNCCNCc1ccccc1B(O)O. The van der Waals surface area contributed by atoms with E-state index in [9.17, 15) is 20.1 Å². The van der Waals surface area contributed by atoms with E-state index in [-0.39, 0.29) is 0 Å². The highest BCUT2D eigenvalue weighted by Gasteiger charge is 2.15. The number of hydrogen-bond acceptors (Lipinski definition) is 6. The Bertz CT molecular complexity index is 585. The Labute approximate surface area is 142 Å². The van der Waals surface area contributed by atoms with Gasteiger partial charge >= 0.3 is 14.2 Å². The lowest BCUT2D eigenvalue weighted by Gasteiger charge is -2.12. The molecule has 2 rings (SSSR count). The van der Waals surface area contributed by atoms with Crippen LogP contribution in [0.25, 0.3) is 0 Å². The number of nitrogens with one attached hydrogen (secondary N) is 2. The lowest BCUT2D eigenvalue weighted by atomic mass is 9.77. The molecule has 6 nitrogen and oxygen atoms in total. The van der Waals surface area contributed by atoms with E-state index >= 15 is 0 Å². The first-order chi connectivity index (χ1) is 11.6. The largest absolute Gasteiger partial charge is 0.488 e. The molecule has 2 aromatic rings. The predicted octanol–water partition coefficient (Wildman–Crippen LogP) is -2.07. The Kier molecular flexibility index (Phi) is 7.45. The zero-order valence-corrected chi connectivity index (χ0v) is 13.4. The van der Waals surface area contributed by atoms with E-state index in [1.54, 1.807) is 24.3 Å². The number of hydrogen-bond donors (Lipinski definition) is 6. The topological polar surface area (TPSA) is 105 Å². The molecular formula is C16H22B2N2O4. The van der Waals surface area contributed by atoms with Gasteiger partial charge in [-0.05, 0) is 22.1 Å². The number of benzene rings is 2. The van der Waals surface area contributed by atoms with Gasteiger partial charge in [-0.3, -0.25) is 0 Å². The monoisotopic (exact) mass is 328 g/mol. The van der Waals surface area contributed by atoms with Crippen LogP contribution in [-0.4, -0.2) is 47.4 Å². The molecule has 0 saturated heterocycles. The van der Waals surface area contributed by atoms with Gasteiger partial charge in [-0.25, -0.2) is 0 Å². The maximum atomic E-state index is 9.32. The van der Waals surface area contributed by atoms with E-state index in [0.29, 0.717) is 37.1 Å². The summed E-state index contributed by atoms with van der Waals surface area (Å²) in [6.07, 6.45) is 0. The molecule has 0 aliphatic heterocycles. The van der Waals surface area contributed by atoms with E-state index in [2.05, 4.69) is 10.6 Å². The summed E-state index contributed by atoms with van der Waals surface area (Å²) in [5.74, 6) is 0. The Hall–Kier alpha value is -1.67. The molecule has 6 N–H and O–H groups in total. The lowest BCUT2D eigenvalue weighted by Crippen LogP contribution is -2.37. The summed E-state index contributed by atoms with van der Waals surface area (Å²) < 4.78 is 0. The van der Waals surface area contributed by atoms with Crippen LogP contribution in [0.2, 0.25) is 0 Å². The van der Waals surface area contributed by atoms with Crippen LogP contribution in [0.5, 0.6) is 0 Å². The molecule has 0 fully saturated rings. The fourth-order valence-corrected chi connectivity index (χ4v) is 2.52. The van der Waals surface area contributed by atoms with Gasteiger partial charge in [0.05, 0.1) is 0 Å². The molecule has 0 aromatic heterocycles. The minimum absolute atomic E-state index is 0.504. The summed E-state index contributed by atoms with van der Waals surface area (Å²) in [4.78, 5) is 0. The molecule has 0 aliphatic carbocycles. The van der Waals surface area contributed by atoms with Crippen LogP contribution in [0.1, 0.15) is 11.1 Å². The molecule has 8 heteroatoms. The summed E-state index contributed by atoms with van der Waals surface area (Å²) >= 11 is 0. The van der Waals surface area contributed by atoms with Gasteiger partial charge < -0.3 is 30.7 Å². The van der Waals surface area contributed by atoms with Crippen molar-refractivity contribution < 1.29 is 20.1 Å². The Morgan fingerprint density at radius 1 is 0.625 bits per heavy atom. The molecular weight excluding hydrogens is 306 g/mol. The first kappa shape index (κ1) is 18.7. The van der Waals surface area contributed by atoms with Crippen molar-refractivity contribution >= 4 is 25.2 Å². The minimum atomic E-state index is -1.47. The summed E-state index contributed by atoms with van der Waals surface area (Å²) in [6.45, 7) is 2.47. The molecule has 24 heavy (non-hydrogen) atoms. The second-order valence-electron chi connectivity index (χ2n) is 5.50. The lowest BCUT2D eigenvalue weighted by molar-refractivity contribution is 0.423. The Balaban J connectivity index is 1.73. The molecule has 0 atom stereocenters. The van der Waals surface area contributed by atoms with E-state index in [1.165, 1.54) is 0 Å². The molecule has 126 valence electrons. The van der Waals surface area contributed by atoms with E-state index in [1.807, 2.05) is 24.3 Å². The molecule has 0 unspecified atom stereocenters. The highest BCUT2D eigenvalue weighted by molar-refractivity contribution is 6.59. The zero-order chi connectivity index (χ0) is 17.4. The van der Waals surface area contributed by atoms with Crippen molar-refractivity contribution in [2.24, 2.45) is 0 Å². The van der Waals surface area contributed by atoms with Gasteiger partial charge in [0.15, 0.2) is 0 Å². The third kappa shape index (κ3) is 5.45. The Morgan fingerprint density at radius 2 is 1.00 bits per heavy atom. The van der Waals surface area contributed by atoms with Gasteiger partial charge in [0.1, 0.15) is 0 Å². The van der Waals surface area contributed by atoms with E-state index < -0.39 is 14.2 Å². The summed E-state index contributed by atoms with van der Waals surface area (Å²) in [5.41, 5.74) is 2.70. The quantitative estimate of drug-likeness (QED) is 0.233. The zero-order valence-electron chi connectivity index (χ0n) is 13.4. The molecule has 0 heterocycles. The van der Waals surface area contributed by atoms with Crippen molar-refractivity contribution in [1.82, 2.24) is 10.6 Å². The fourth-order valence-electron chi connectivity index (χ4n) is 2.52. The average Bonchev–Trinajstić information content (AvgIpc) is 2.58. The van der Waals surface area contributed by atoms with Crippen LogP contribution in [0.4, 0.5) is 0 Å². The first-order valence-corrected chi connectivity index (χ1v) is 7.89. The van der Waals surface area contributed by atoms with Crippen molar-refractivity contribution in [2.75, 3.05) is 13.1 Å². The van der Waals surface area contributed by atoms with Crippen molar-refractivity contribution in [3.63, 3.8) is 0 Å².